The van der Waals surface area contributed by atoms with Gasteiger partial charge in [-0.3, -0.25) is 0 Å². The molecule has 0 aromatic heterocycles. The second-order valence-corrected chi connectivity index (χ2v) is 19.2. The van der Waals surface area contributed by atoms with Crippen molar-refractivity contribution in [1.29, 1.82) is 0 Å². The molecule has 0 radical (unpaired) electrons. The van der Waals surface area contributed by atoms with Gasteiger partial charge in [-0.15, -0.1) is 0 Å². The molecule has 0 spiro atoms. The Labute approximate surface area is 244 Å². The standard InChI is InChI=1S/C34H52P2.Cu.FH/c1-2-12-25(11-1)29-21-22-30(26-13-3-4-14-26)35(29)33-19-9-10-20-34(33)36-31(27-15-5-6-16-27)23-24-32(36)28-17-7-8-18-28;;/h9-10,19-20,25-32H,1-8,11-18,21-24H2;;1H/q;+1;/p-1/t29-,30-,31-,32-;;/m1../s1. The van der Waals surface area contributed by atoms with Gasteiger partial charge in [0.05, 0.1) is 0 Å². The number of halogens is 1. The van der Waals surface area contributed by atoms with Crippen LogP contribution in [0, 0.1) is 23.7 Å². The third kappa shape index (κ3) is 5.75. The molecular weight excluding hydrogens is 553 g/mol. The van der Waals surface area contributed by atoms with E-state index in [1.54, 1.807) is 77.0 Å². The number of rotatable bonds is 6. The quantitative estimate of drug-likeness (QED) is 0.224. The van der Waals surface area contributed by atoms with Crippen LogP contribution in [0.2, 0.25) is 0 Å². The fourth-order valence-electron chi connectivity index (χ4n) is 10.6. The van der Waals surface area contributed by atoms with Crippen LogP contribution in [0.1, 0.15) is 128 Å². The molecule has 6 fully saturated rings. The van der Waals surface area contributed by atoms with Gasteiger partial charge < -0.3 is 0 Å². The summed E-state index contributed by atoms with van der Waals surface area (Å²) in [4.78, 5) is 0. The molecule has 7 rings (SSSR count). The molecular formula is C34H52CuFP2. The van der Waals surface area contributed by atoms with Crippen molar-refractivity contribution in [3.05, 3.63) is 24.3 Å². The van der Waals surface area contributed by atoms with Gasteiger partial charge >= 0.3 is 20.0 Å². The van der Waals surface area contributed by atoms with E-state index in [1.165, 1.54) is 51.4 Å². The zero-order valence-corrected chi connectivity index (χ0v) is 26.4. The molecule has 0 nitrogen and oxygen atoms in total. The van der Waals surface area contributed by atoms with Crippen molar-refractivity contribution in [2.75, 3.05) is 0 Å². The van der Waals surface area contributed by atoms with Crippen LogP contribution < -0.4 is 10.6 Å². The van der Waals surface area contributed by atoms with Gasteiger partial charge in [0.2, 0.25) is 0 Å². The minimum absolute atomic E-state index is 0.0277. The second-order valence-electron chi connectivity index (χ2n) is 13.9. The van der Waals surface area contributed by atoms with Crippen LogP contribution in [0.25, 0.3) is 0 Å². The van der Waals surface area contributed by atoms with Gasteiger partial charge in [-0.1, -0.05) is 91.5 Å². The average molecular weight is 605 g/mol. The van der Waals surface area contributed by atoms with Gasteiger partial charge in [0.1, 0.15) is 0 Å². The van der Waals surface area contributed by atoms with E-state index in [4.69, 9.17) is 3.55 Å². The first-order valence-corrected chi connectivity index (χ1v) is 20.0. The molecule has 4 atom stereocenters. The Kier molecular flexibility index (Phi) is 10.3. The van der Waals surface area contributed by atoms with Crippen LogP contribution in [0.3, 0.4) is 0 Å². The molecule has 38 heavy (non-hydrogen) atoms. The molecule has 2 aliphatic heterocycles. The summed E-state index contributed by atoms with van der Waals surface area (Å²) in [7, 11) is 0.0554. The molecule has 4 aliphatic carbocycles. The Hall–Kier alpha value is 0.529. The molecule has 0 unspecified atom stereocenters. The topological polar surface area (TPSA) is 0 Å². The molecule has 6 aliphatic rings. The average Bonchev–Trinajstić information content (AvgIpc) is 3.82. The minimum Gasteiger partial charge on any atom is -0.0677 e. The van der Waals surface area contributed by atoms with E-state index in [-0.39, 0.29) is 15.8 Å². The van der Waals surface area contributed by atoms with E-state index in [2.05, 4.69) is 40.7 Å². The normalized spacial score (nSPS) is 34.5. The van der Waals surface area contributed by atoms with Crippen molar-refractivity contribution in [2.24, 2.45) is 23.7 Å². The third-order valence-corrected chi connectivity index (χ3v) is 19.8. The predicted molar refractivity (Wildman–Crippen MR) is 162 cm³/mol. The molecule has 216 valence electrons. The van der Waals surface area contributed by atoms with Crippen LogP contribution in [-0.2, 0) is 16.5 Å². The maximum atomic E-state index is 9.06. The van der Waals surface area contributed by atoms with E-state index >= 15 is 0 Å². The summed E-state index contributed by atoms with van der Waals surface area (Å²) >= 11 is 2.69. The number of benzene rings is 1. The molecule has 1 aromatic rings. The fraction of sp³-hybridized carbons (Fsp3) is 0.824. The van der Waals surface area contributed by atoms with Gasteiger partial charge in [0.25, 0.3) is 0 Å². The van der Waals surface area contributed by atoms with Gasteiger partial charge in [-0.05, 0) is 134 Å². The fourth-order valence-corrected chi connectivity index (χ4v) is 19.6. The number of hydrogen-bond donors (Lipinski definition) is 0. The number of hydrogen-bond acceptors (Lipinski definition) is 0. The summed E-state index contributed by atoms with van der Waals surface area (Å²) in [6.45, 7) is 0. The van der Waals surface area contributed by atoms with Crippen molar-refractivity contribution in [2.45, 2.75) is 151 Å². The van der Waals surface area contributed by atoms with Crippen molar-refractivity contribution < 1.29 is 20.0 Å². The van der Waals surface area contributed by atoms with E-state index in [0.29, 0.717) is 0 Å². The first kappa shape index (κ1) is 28.6. The van der Waals surface area contributed by atoms with E-state index in [9.17, 15) is 0 Å². The van der Waals surface area contributed by atoms with Gasteiger partial charge in [0.15, 0.2) is 0 Å². The van der Waals surface area contributed by atoms with Crippen LogP contribution in [0.5, 0.6) is 0 Å². The largest absolute Gasteiger partial charge is 0.0677 e. The maximum Gasteiger partial charge on any atom is -0.0138 e. The van der Waals surface area contributed by atoms with Crippen molar-refractivity contribution >= 4 is 26.5 Å². The summed E-state index contributed by atoms with van der Waals surface area (Å²) in [6.07, 6.45) is 31.1. The Bertz CT molecular complexity index is 750. The molecule has 0 N–H and O–H groups in total. The SMILES string of the molecule is [F][Cu].c1ccc(P2[C@@H](C3CCCC3)CC[C@@H]2C2CCCC2)c(P2[C@@H](C3CCCC3)CC[C@@H]2C2CCCC2)c1. The monoisotopic (exact) mass is 604 g/mol. The molecule has 4 heteroatoms. The van der Waals surface area contributed by atoms with Crippen LogP contribution in [-0.4, -0.2) is 22.6 Å². The molecule has 2 saturated heterocycles. The summed E-state index contributed by atoms with van der Waals surface area (Å²) in [5.41, 5.74) is 4.28. The van der Waals surface area contributed by atoms with E-state index in [1.807, 2.05) is 10.6 Å². The zero-order chi connectivity index (χ0) is 25.9. The summed E-state index contributed by atoms with van der Waals surface area (Å²) in [6, 6.07) is 10.5. The van der Waals surface area contributed by atoms with E-state index < -0.39 is 0 Å². The minimum atomic E-state index is 0.0277. The maximum absolute atomic E-state index is 9.06. The second kappa shape index (κ2) is 13.7. The summed E-state index contributed by atoms with van der Waals surface area (Å²) in [5, 5.41) is 4.00. The van der Waals surface area contributed by atoms with Crippen LogP contribution in [0.15, 0.2) is 24.3 Å². The van der Waals surface area contributed by atoms with Crippen molar-refractivity contribution in [1.82, 2.24) is 0 Å². The molecule has 2 heterocycles. The first-order chi connectivity index (χ1) is 18.9. The Morgan fingerprint density at radius 3 is 0.895 bits per heavy atom. The Morgan fingerprint density at radius 1 is 0.421 bits per heavy atom. The summed E-state index contributed by atoms with van der Waals surface area (Å²) < 4.78 is 9.06. The van der Waals surface area contributed by atoms with Gasteiger partial charge in [0, 0.05) is 0 Å². The molecule has 1 aromatic carbocycles. The molecule has 4 saturated carbocycles. The Morgan fingerprint density at radius 2 is 0.658 bits per heavy atom. The van der Waals surface area contributed by atoms with Gasteiger partial charge in [-0.2, -0.15) is 0 Å². The predicted octanol–water partition coefficient (Wildman–Crippen LogP) is 10.1. The van der Waals surface area contributed by atoms with Crippen LogP contribution >= 0.6 is 15.8 Å². The zero-order valence-electron chi connectivity index (χ0n) is 23.6. The summed E-state index contributed by atoms with van der Waals surface area (Å²) in [5.74, 6) is 4.29. The van der Waals surface area contributed by atoms with Crippen molar-refractivity contribution in [3.8, 4) is 0 Å². The van der Waals surface area contributed by atoms with Gasteiger partial charge in [-0.25, -0.2) is 0 Å². The smallest absolute Gasteiger partial charge is 0.0138 e. The van der Waals surface area contributed by atoms with Crippen LogP contribution in [0.4, 0.5) is 3.55 Å². The molecule has 0 amide bonds. The van der Waals surface area contributed by atoms with E-state index in [0.717, 1.165) is 46.3 Å². The van der Waals surface area contributed by atoms with Crippen molar-refractivity contribution in [3.63, 3.8) is 0 Å². The first-order valence-electron chi connectivity index (χ1n) is 16.7. The third-order valence-electron chi connectivity index (χ3n) is 12.2. The Balaban J connectivity index is 0.00000129. The molecule has 0 bridgehead atoms.